The molecule has 1 aromatic rings. The number of aliphatic imine (C=N–C) groups is 1. The van der Waals surface area contributed by atoms with Gasteiger partial charge in [0.15, 0.2) is 17.5 Å². The SMILES string of the molecule is CCOc1ccc(CNC(=NC)NC(C)(C)C)cc1F. The predicted octanol–water partition coefficient (Wildman–Crippen LogP) is 2.69. The third kappa shape index (κ3) is 5.47. The van der Waals surface area contributed by atoms with Crippen LogP contribution < -0.4 is 15.4 Å². The Kier molecular flexibility index (Phi) is 5.80. The lowest BCUT2D eigenvalue weighted by Crippen LogP contribution is -2.47. The van der Waals surface area contributed by atoms with Crippen LogP contribution in [0.2, 0.25) is 0 Å². The third-order valence-electron chi connectivity index (χ3n) is 2.47. The van der Waals surface area contributed by atoms with Crippen molar-refractivity contribution in [1.29, 1.82) is 0 Å². The van der Waals surface area contributed by atoms with Crippen LogP contribution in [0, 0.1) is 5.82 Å². The molecule has 0 amide bonds. The van der Waals surface area contributed by atoms with Crippen molar-refractivity contribution in [3.8, 4) is 5.75 Å². The van der Waals surface area contributed by atoms with Gasteiger partial charge in [0.1, 0.15) is 0 Å². The number of ether oxygens (including phenoxy) is 1. The van der Waals surface area contributed by atoms with Gasteiger partial charge >= 0.3 is 0 Å². The maximum absolute atomic E-state index is 13.7. The standard InChI is InChI=1S/C15H24FN3O/c1-6-20-13-8-7-11(9-12(13)16)10-18-14(17-5)19-15(2,3)4/h7-9H,6,10H2,1-5H3,(H2,17,18,19). The Labute approximate surface area is 120 Å². The molecule has 0 spiro atoms. The summed E-state index contributed by atoms with van der Waals surface area (Å²) < 4.78 is 18.9. The Morgan fingerprint density at radius 2 is 2.05 bits per heavy atom. The molecule has 4 nitrogen and oxygen atoms in total. The van der Waals surface area contributed by atoms with Gasteiger partial charge in [-0.3, -0.25) is 4.99 Å². The average Bonchev–Trinajstić information content (AvgIpc) is 2.36. The Morgan fingerprint density at radius 3 is 2.55 bits per heavy atom. The largest absolute Gasteiger partial charge is 0.491 e. The molecule has 0 radical (unpaired) electrons. The number of hydrogen-bond acceptors (Lipinski definition) is 2. The molecule has 20 heavy (non-hydrogen) atoms. The van der Waals surface area contributed by atoms with Gasteiger partial charge in [-0.15, -0.1) is 0 Å². The van der Waals surface area contributed by atoms with E-state index in [2.05, 4.69) is 36.4 Å². The molecule has 2 N–H and O–H groups in total. The van der Waals surface area contributed by atoms with Crippen LogP contribution in [0.1, 0.15) is 33.3 Å². The van der Waals surface area contributed by atoms with E-state index in [0.717, 1.165) is 5.56 Å². The molecule has 0 heterocycles. The average molecular weight is 281 g/mol. The number of nitrogens with zero attached hydrogens (tertiary/aromatic N) is 1. The van der Waals surface area contributed by atoms with Gasteiger partial charge in [-0.2, -0.15) is 0 Å². The lowest BCUT2D eigenvalue weighted by molar-refractivity contribution is 0.321. The first-order valence-electron chi connectivity index (χ1n) is 6.75. The van der Waals surface area contributed by atoms with E-state index in [9.17, 15) is 4.39 Å². The molecule has 0 aliphatic carbocycles. The van der Waals surface area contributed by atoms with Crippen LogP contribution in [0.15, 0.2) is 23.2 Å². The Bertz CT molecular complexity index is 467. The molecule has 0 atom stereocenters. The van der Waals surface area contributed by atoms with E-state index < -0.39 is 0 Å². The monoisotopic (exact) mass is 281 g/mol. The molecule has 0 bridgehead atoms. The molecule has 0 aromatic heterocycles. The van der Waals surface area contributed by atoms with E-state index in [1.807, 2.05) is 13.0 Å². The minimum atomic E-state index is -0.343. The molecule has 5 heteroatoms. The van der Waals surface area contributed by atoms with E-state index in [4.69, 9.17) is 4.74 Å². The highest BCUT2D eigenvalue weighted by Gasteiger charge is 2.11. The second kappa shape index (κ2) is 7.12. The maximum atomic E-state index is 13.7. The second-order valence-corrected chi connectivity index (χ2v) is 5.50. The maximum Gasteiger partial charge on any atom is 0.191 e. The molecular weight excluding hydrogens is 257 g/mol. The predicted molar refractivity (Wildman–Crippen MR) is 80.7 cm³/mol. The zero-order chi connectivity index (χ0) is 15.2. The summed E-state index contributed by atoms with van der Waals surface area (Å²) in [6.45, 7) is 8.94. The van der Waals surface area contributed by atoms with Gasteiger partial charge in [0, 0.05) is 19.1 Å². The minimum absolute atomic E-state index is 0.0775. The van der Waals surface area contributed by atoms with Gasteiger partial charge in [-0.05, 0) is 45.4 Å². The quantitative estimate of drug-likeness (QED) is 0.659. The lowest BCUT2D eigenvalue weighted by atomic mass is 10.1. The molecule has 1 rings (SSSR count). The fourth-order valence-corrected chi connectivity index (χ4v) is 1.65. The summed E-state index contributed by atoms with van der Waals surface area (Å²) in [5, 5.41) is 6.40. The van der Waals surface area contributed by atoms with Crippen molar-refractivity contribution >= 4 is 5.96 Å². The van der Waals surface area contributed by atoms with Crippen molar-refractivity contribution in [1.82, 2.24) is 10.6 Å². The zero-order valence-electron chi connectivity index (χ0n) is 12.9. The first-order chi connectivity index (χ1) is 9.35. The molecule has 0 aliphatic rings. The van der Waals surface area contributed by atoms with Crippen LogP contribution in [0.25, 0.3) is 0 Å². The van der Waals surface area contributed by atoms with E-state index in [1.54, 1.807) is 13.1 Å². The van der Waals surface area contributed by atoms with Crippen molar-refractivity contribution in [2.45, 2.75) is 39.8 Å². The van der Waals surface area contributed by atoms with Gasteiger partial charge in [0.05, 0.1) is 6.61 Å². The number of hydrogen-bond donors (Lipinski definition) is 2. The summed E-state index contributed by atoms with van der Waals surface area (Å²) in [6, 6.07) is 4.96. The summed E-state index contributed by atoms with van der Waals surface area (Å²) in [5.41, 5.74) is 0.758. The minimum Gasteiger partial charge on any atom is -0.491 e. The summed E-state index contributed by atoms with van der Waals surface area (Å²) in [4.78, 5) is 4.13. The highest BCUT2D eigenvalue weighted by Crippen LogP contribution is 2.18. The van der Waals surface area contributed by atoms with Crippen LogP contribution in [0.4, 0.5) is 4.39 Å². The molecular formula is C15H24FN3O. The fourth-order valence-electron chi connectivity index (χ4n) is 1.65. The third-order valence-corrected chi connectivity index (χ3v) is 2.47. The molecule has 0 fully saturated rings. The Balaban J connectivity index is 2.63. The number of benzene rings is 1. The summed E-state index contributed by atoms with van der Waals surface area (Å²) in [6.07, 6.45) is 0. The van der Waals surface area contributed by atoms with Crippen LogP contribution in [-0.2, 0) is 6.54 Å². The highest BCUT2D eigenvalue weighted by molar-refractivity contribution is 5.80. The second-order valence-electron chi connectivity index (χ2n) is 5.50. The number of guanidine groups is 1. The first kappa shape index (κ1) is 16.3. The molecule has 0 unspecified atom stereocenters. The molecule has 0 saturated carbocycles. The fraction of sp³-hybridized carbons (Fsp3) is 0.533. The highest BCUT2D eigenvalue weighted by atomic mass is 19.1. The van der Waals surface area contributed by atoms with Gasteiger partial charge in [0.25, 0.3) is 0 Å². The van der Waals surface area contributed by atoms with Crippen LogP contribution in [0.3, 0.4) is 0 Å². The van der Waals surface area contributed by atoms with E-state index in [0.29, 0.717) is 19.1 Å². The van der Waals surface area contributed by atoms with Crippen LogP contribution in [-0.4, -0.2) is 25.2 Å². The molecule has 1 aromatic carbocycles. The number of rotatable bonds is 4. The topological polar surface area (TPSA) is 45.6 Å². The molecule has 0 aliphatic heterocycles. The van der Waals surface area contributed by atoms with Crippen molar-refractivity contribution in [2.24, 2.45) is 4.99 Å². The first-order valence-corrected chi connectivity index (χ1v) is 6.75. The van der Waals surface area contributed by atoms with Crippen molar-refractivity contribution in [3.05, 3.63) is 29.6 Å². The Morgan fingerprint density at radius 1 is 1.35 bits per heavy atom. The van der Waals surface area contributed by atoms with Gasteiger partial charge in [-0.1, -0.05) is 6.07 Å². The van der Waals surface area contributed by atoms with Crippen LogP contribution in [0.5, 0.6) is 5.75 Å². The normalized spacial score (nSPS) is 12.2. The van der Waals surface area contributed by atoms with Crippen molar-refractivity contribution in [3.63, 3.8) is 0 Å². The van der Waals surface area contributed by atoms with Gasteiger partial charge in [0.2, 0.25) is 0 Å². The number of halogens is 1. The molecule has 112 valence electrons. The lowest BCUT2D eigenvalue weighted by Gasteiger charge is -2.23. The van der Waals surface area contributed by atoms with Crippen molar-refractivity contribution < 1.29 is 9.13 Å². The Hall–Kier alpha value is -1.78. The van der Waals surface area contributed by atoms with Gasteiger partial charge in [-0.25, -0.2) is 4.39 Å². The van der Waals surface area contributed by atoms with E-state index in [-0.39, 0.29) is 17.1 Å². The van der Waals surface area contributed by atoms with Gasteiger partial charge < -0.3 is 15.4 Å². The summed E-state index contributed by atoms with van der Waals surface area (Å²) >= 11 is 0. The van der Waals surface area contributed by atoms with Crippen molar-refractivity contribution in [2.75, 3.05) is 13.7 Å². The smallest absolute Gasteiger partial charge is 0.191 e. The number of nitrogens with one attached hydrogen (secondary N) is 2. The zero-order valence-corrected chi connectivity index (χ0v) is 12.9. The summed E-state index contributed by atoms with van der Waals surface area (Å²) in [5.74, 6) is 0.630. The molecule has 0 saturated heterocycles. The van der Waals surface area contributed by atoms with E-state index in [1.165, 1.54) is 6.07 Å². The van der Waals surface area contributed by atoms with Crippen LogP contribution >= 0.6 is 0 Å². The summed E-state index contributed by atoms with van der Waals surface area (Å²) in [7, 11) is 1.71. The van der Waals surface area contributed by atoms with E-state index >= 15 is 0 Å².